The highest BCUT2D eigenvalue weighted by Gasteiger charge is 2.35. The van der Waals surface area contributed by atoms with Crippen molar-refractivity contribution >= 4 is 29.9 Å². The van der Waals surface area contributed by atoms with Gasteiger partial charge in [-0.05, 0) is 35.9 Å². The molecule has 0 aliphatic carbocycles. The van der Waals surface area contributed by atoms with Gasteiger partial charge in [0.2, 0.25) is 5.90 Å². The number of hydrogen-bond acceptors (Lipinski definition) is 2. The third kappa shape index (κ3) is 2.90. The van der Waals surface area contributed by atoms with Crippen molar-refractivity contribution < 1.29 is 4.74 Å². The number of aliphatic imine (C=N–C) groups is 1. The first-order valence-corrected chi connectivity index (χ1v) is 11.8. The third-order valence-corrected chi connectivity index (χ3v) is 11.3. The van der Waals surface area contributed by atoms with E-state index < -0.39 is 8.07 Å². The van der Waals surface area contributed by atoms with Crippen molar-refractivity contribution in [1.82, 2.24) is 0 Å². The molecule has 1 heterocycles. The molecule has 0 bridgehead atoms. The second-order valence-corrected chi connectivity index (χ2v) is 12.8. The highest BCUT2D eigenvalue weighted by atomic mass is 28.3. The molecule has 1 aliphatic rings. The van der Waals surface area contributed by atoms with Gasteiger partial charge in [0.1, 0.15) is 6.61 Å². The first kappa shape index (κ1) is 17.2. The van der Waals surface area contributed by atoms with E-state index in [2.05, 4.69) is 71.0 Å². The molecule has 24 heavy (non-hydrogen) atoms. The second kappa shape index (κ2) is 6.36. The summed E-state index contributed by atoms with van der Waals surface area (Å²) in [5.41, 5.74) is 1.13. The normalized spacial score (nSPS) is 17.0. The molecule has 3 heteroatoms. The van der Waals surface area contributed by atoms with Crippen LogP contribution in [-0.2, 0) is 4.74 Å². The zero-order chi connectivity index (χ0) is 17.4. The monoisotopic (exact) mass is 339 g/mol. The van der Waals surface area contributed by atoms with Crippen LogP contribution in [0.25, 0.3) is 10.8 Å². The predicted molar refractivity (Wildman–Crippen MR) is 107 cm³/mol. The Balaban J connectivity index is 2.28. The van der Waals surface area contributed by atoms with Gasteiger partial charge in [-0.3, -0.25) is 0 Å². The van der Waals surface area contributed by atoms with Gasteiger partial charge in [-0.1, -0.05) is 69.2 Å². The Labute approximate surface area is 147 Å². The van der Waals surface area contributed by atoms with Crippen LogP contribution >= 0.6 is 0 Å². The van der Waals surface area contributed by atoms with Crippen molar-refractivity contribution in [1.29, 1.82) is 0 Å². The van der Waals surface area contributed by atoms with Crippen LogP contribution in [-0.4, -0.2) is 26.1 Å². The smallest absolute Gasteiger partial charge is 0.216 e. The molecule has 3 rings (SSSR count). The van der Waals surface area contributed by atoms with E-state index in [-0.39, 0.29) is 5.54 Å². The minimum Gasteiger partial charge on any atom is -0.475 e. The van der Waals surface area contributed by atoms with Gasteiger partial charge in [0.05, 0.1) is 13.6 Å². The maximum Gasteiger partial charge on any atom is 0.216 e. The first-order valence-electron chi connectivity index (χ1n) is 9.21. The van der Waals surface area contributed by atoms with Gasteiger partial charge in [0, 0.05) is 5.56 Å². The van der Waals surface area contributed by atoms with E-state index in [0.29, 0.717) is 6.61 Å². The standard InChI is InChI=1S/C21H29NOSi/c1-6-24(7-2,8-3)19-14-17-12-10-9-11-16(17)13-18(19)20-22-21(4,5)15-23-20/h9-14H,6-8,15H2,1-5H3. The number of nitrogens with zero attached hydrogens (tertiary/aromatic N) is 1. The minimum absolute atomic E-state index is 0.118. The summed E-state index contributed by atoms with van der Waals surface area (Å²) in [7, 11) is -1.53. The van der Waals surface area contributed by atoms with Gasteiger partial charge < -0.3 is 4.74 Å². The summed E-state index contributed by atoms with van der Waals surface area (Å²) in [4.78, 5) is 4.89. The minimum atomic E-state index is -1.53. The zero-order valence-electron chi connectivity index (χ0n) is 15.6. The Morgan fingerprint density at radius 2 is 1.58 bits per heavy atom. The fourth-order valence-electron chi connectivity index (χ4n) is 3.90. The molecule has 2 aromatic carbocycles. The lowest BCUT2D eigenvalue weighted by molar-refractivity contribution is 0.279. The van der Waals surface area contributed by atoms with Gasteiger partial charge in [-0.15, -0.1) is 0 Å². The van der Waals surface area contributed by atoms with Crippen LogP contribution in [0.3, 0.4) is 0 Å². The Hall–Kier alpha value is -1.61. The van der Waals surface area contributed by atoms with Gasteiger partial charge in [-0.2, -0.15) is 0 Å². The van der Waals surface area contributed by atoms with E-state index in [4.69, 9.17) is 9.73 Å². The molecule has 0 saturated carbocycles. The molecule has 0 atom stereocenters. The Morgan fingerprint density at radius 1 is 1.00 bits per heavy atom. The summed E-state index contributed by atoms with van der Waals surface area (Å²) < 4.78 is 6.04. The summed E-state index contributed by atoms with van der Waals surface area (Å²) in [6.07, 6.45) is 0. The van der Waals surface area contributed by atoms with Gasteiger partial charge >= 0.3 is 0 Å². The molecule has 128 valence electrons. The molecular weight excluding hydrogens is 310 g/mol. The average Bonchev–Trinajstić information content (AvgIpc) is 2.96. The molecule has 2 aromatic rings. The Bertz CT molecular complexity index is 766. The number of fused-ring (bicyclic) bond motifs is 1. The molecule has 0 spiro atoms. The molecule has 0 saturated heterocycles. The van der Waals surface area contributed by atoms with Crippen molar-refractivity contribution in [2.45, 2.75) is 58.3 Å². The van der Waals surface area contributed by atoms with Crippen LogP contribution in [0.15, 0.2) is 41.4 Å². The molecule has 0 aromatic heterocycles. The van der Waals surface area contributed by atoms with Crippen LogP contribution in [0.5, 0.6) is 0 Å². The topological polar surface area (TPSA) is 21.6 Å². The van der Waals surface area contributed by atoms with Crippen LogP contribution in [0.1, 0.15) is 40.2 Å². The summed E-state index contributed by atoms with van der Waals surface area (Å²) in [6, 6.07) is 17.2. The van der Waals surface area contributed by atoms with E-state index in [1.165, 1.54) is 39.7 Å². The van der Waals surface area contributed by atoms with E-state index in [1.807, 2.05) is 0 Å². The second-order valence-electron chi connectivity index (χ2n) is 7.60. The Kier molecular flexibility index (Phi) is 4.56. The Morgan fingerprint density at radius 3 is 2.08 bits per heavy atom. The highest BCUT2D eigenvalue weighted by Crippen LogP contribution is 2.28. The van der Waals surface area contributed by atoms with Crippen molar-refractivity contribution in [3.8, 4) is 0 Å². The maximum absolute atomic E-state index is 6.04. The third-order valence-electron chi connectivity index (χ3n) is 5.68. The summed E-state index contributed by atoms with van der Waals surface area (Å²) in [6.45, 7) is 12.0. The van der Waals surface area contributed by atoms with Gasteiger partial charge in [0.25, 0.3) is 0 Å². The van der Waals surface area contributed by atoms with E-state index in [0.717, 1.165) is 5.90 Å². The molecule has 0 fully saturated rings. The largest absolute Gasteiger partial charge is 0.475 e. The van der Waals surface area contributed by atoms with E-state index in [9.17, 15) is 0 Å². The van der Waals surface area contributed by atoms with Crippen LogP contribution in [0.4, 0.5) is 0 Å². The first-order chi connectivity index (χ1) is 11.4. The lowest BCUT2D eigenvalue weighted by Crippen LogP contribution is -2.48. The molecule has 0 unspecified atom stereocenters. The summed E-state index contributed by atoms with van der Waals surface area (Å²) >= 11 is 0. The van der Waals surface area contributed by atoms with E-state index in [1.54, 1.807) is 0 Å². The number of hydrogen-bond donors (Lipinski definition) is 0. The van der Waals surface area contributed by atoms with Crippen molar-refractivity contribution in [2.75, 3.05) is 6.61 Å². The summed E-state index contributed by atoms with van der Waals surface area (Å²) in [5.74, 6) is 0.855. The zero-order valence-corrected chi connectivity index (χ0v) is 16.6. The maximum atomic E-state index is 6.04. The fraction of sp³-hybridized carbons (Fsp3) is 0.476. The molecule has 0 radical (unpaired) electrons. The molecule has 0 N–H and O–H groups in total. The predicted octanol–water partition coefficient (Wildman–Crippen LogP) is 5.11. The quantitative estimate of drug-likeness (QED) is 0.694. The fourth-order valence-corrected chi connectivity index (χ4v) is 7.75. The molecule has 1 aliphatic heterocycles. The number of ether oxygens (including phenoxy) is 1. The number of rotatable bonds is 5. The van der Waals surface area contributed by atoms with E-state index >= 15 is 0 Å². The van der Waals surface area contributed by atoms with Crippen molar-refractivity contribution in [3.63, 3.8) is 0 Å². The van der Waals surface area contributed by atoms with Gasteiger partial charge in [-0.25, -0.2) is 4.99 Å². The molecular formula is C21H29NOSi. The number of benzene rings is 2. The molecule has 2 nitrogen and oxygen atoms in total. The van der Waals surface area contributed by atoms with Crippen molar-refractivity contribution in [3.05, 3.63) is 42.0 Å². The summed E-state index contributed by atoms with van der Waals surface area (Å²) in [5, 5.41) is 4.14. The van der Waals surface area contributed by atoms with Crippen molar-refractivity contribution in [2.24, 2.45) is 4.99 Å². The highest BCUT2D eigenvalue weighted by molar-refractivity contribution is 6.92. The lowest BCUT2D eigenvalue weighted by atomic mass is 10.1. The van der Waals surface area contributed by atoms with Crippen LogP contribution in [0.2, 0.25) is 18.1 Å². The average molecular weight is 340 g/mol. The van der Waals surface area contributed by atoms with Gasteiger partial charge in [0.15, 0.2) is 0 Å². The SMILES string of the molecule is CC[Si](CC)(CC)c1cc2ccccc2cc1C1=NC(C)(C)CO1. The van der Waals surface area contributed by atoms with Crippen LogP contribution in [0, 0.1) is 0 Å². The lowest BCUT2D eigenvalue weighted by Gasteiger charge is -2.31. The van der Waals surface area contributed by atoms with Crippen LogP contribution < -0.4 is 5.19 Å². The molecule has 0 amide bonds.